The lowest BCUT2D eigenvalue weighted by atomic mass is 10.1. The van der Waals surface area contributed by atoms with E-state index in [0.29, 0.717) is 6.42 Å². The standard InChI is InChI=1S/C47H78NO8P/c1-3-5-7-9-10-11-12-13-14-15-16-17-18-19-20-21-22-23-24-25-26-27-28-29-30-31-32-33-34-36-38-40-47(50)56-45(44-55-57(51,52)54-42-41-48)43-53-46(49)39-37-35-8-6-4-2/h5,7,10-11,13-14,16-17,19-20,22-23,25-26,28-29,45H,3-4,6,8-9,12,15,18,21,24,27,30-44,48H2,1-2H3,(H,51,52)/b7-5-,11-10-,14-13-,17-16-,20-19-,23-22-,26-25-,29-28-. The molecule has 0 aliphatic rings. The quantitative estimate of drug-likeness (QED) is 0.0269. The Morgan fingerprint density at radius 1 is 0.544 bits per heavy atom. The van der Waals surface area contributed by atoms with Crippen molar-refractivity contribution in [1.29, 1.82) is 0 Å². The Hall–Kier alpha value is -3.07. The number of carbonyl (C=O) groups is 2. The van der Waals surface area contributed by atoms with Gasteiger partial charge in [0.1, 0.15) is 6.61 Å². The van der Waals surface area contributed by atoms with Crippen LogP contribution in [0.25, 0.3) is 0 Å². The maximum Gasteiger partial charge on any atom is 0.472 e. The minimum atomic E-state index is -4.37. The Kier molecular flexibility index (Phi) is 40.2. The van der Waals surface area contributed by atoms with Crippen LogP contribution in [-0.4, -0.2) is 49.3 Å². The average molecular weight is 816 g/mol. The number of hydrogen-bond donors (Lipinski definition) is 2. The normalized spacial score (nSPS) is 14.2. The molecule has 0 aromatic heterocycles. The molecule has 2 atom stereocenters. The van der Waals surface area contributed by atoms with E-state index in [2.05, 4.69) is 111 Å². The summed E-state index contributed by atoms with van der Waals surface area (Å²) in [5.74, 6) is -0.870. The van der Waals surface area contributed by atoms with E-state index in [1.807, 2.05) is 0 Å². The van der Waals surface area contributed by atoms with E-state index in [0.717, 1.165) is 122 Å². The minimum absolute atomic E-state index is 0.0460. The fourth-order valence-corrected chi connectivity index (χ4v) is 6.06. The van der Waals surface area contributed by atoms with Crippen LogP contribution in [0.2, 0.25) is 0 Å². The third-order valence-corrected chi connectivity index (χ3v) is 9.47. The zero-order chi connectivity index (χ0) is 41.8. The van der Waals surface area contributed by atoms with E-state index in [1.165, 1.54) is 0 Å². The number of allylic oxidation sites excluding steroid dienone is 16. The van der Waals surface area contributed by atoms with Gasteiger partial charge in [-0.25, -0.2) is 4.57 Å². The van der Waals surface area contributed by atoms with Crippen molar-refractivity contribution in [2.75, 3.05) is 26.4 Å². The van der Waals surface area contributed by atoms with Crippen LogP contribution < -0.4 is 5.73 Å². The molecule has 0 fully saturated rings. The predicted molar refractivity (Wildman–Crippen MR) is 238 cm³/mol. The van der Waals surface area contributed by atoms with Gasteiger partial charge in [-0.05, 0) is 77.0 Å². The number of esters is 2. The molecule has 0 aromatic carbocycles. The summed E-state index contributed by atoms with van der Waals surface area (Å²) in [5, 5.41) is 0. The maximum absolute atomic E-state index is 12.5. The summed E-state index contributed by atoms with van der Waals surface area (Å²) in [7, 11) is -4.37. The molecule has 324 valence electrons. The molecule has 0 aliphatic heterocycles. The van der Waals surface area contributed by atoms with Gasteiger partial charge in [0.25, 0.3) is 0 Å². The SMILES string of the molecule is CC/C=C\C/C=C\C/C=C\C/C=C\C/C=C\C/C=C\C/C=C\C/C=C\CCCCCCCCC(=O)OC(COC(=O)CCCCCCC)COP(=O)(O)OCCN. The second kappa shape index (κ2) is 42.5. The number of hydrogen-bond acceptors (Lipinski definition) is 8. The van der Waals surface area contributed by atoms with Gasteiger partial charge in [-0.15, -0.1) is 0 Å². The Morgan fingerprint density at radius 3 is 1.44 bits per heavy atom. The molecule has 0 radical (unpaired) electrons. The third kappa shape index (κ3) is 42.4. The van der Waals surface area contributed by atoms with Gasteiger partial charge in [0.15, 0.2) is 6.10 Å². The highest BCUT2D eigenvalue weighted by Crippen LogP contribution is 2.43. The van der Waals surface area contributed by atoms with Gasteiger partial charge in [0.2, 0.25) is 0 Å². The Labute approximate surface area is 346 Å². The summed E-state index contributed by atoms with van der Waals surface area (Å²) in [4.78, 5) is 34.5. The molecular weight excluding hydrogens is 737 g/mol. The van der Waals surface area contributed by atoms with Gasteiger partial charge < -0.3 is 20.1 Å². The van der Waals surface area contributed by atoms with Crippen molar-refractivity contribution in [3.05, 3.63) is 97.2 Å². The molecule has 0 saturated carbocycles. The molecule has 57 heavy (non-hydrogen) atoms. The van der Waals surface area contributed by atoms with Crippen molar-refractivity contribution >= 4 is 19.8 Å². The lowest BCUT2D eigenvalue weighted by Gasteiger charge is -2.19. The smallest absolute Gasteiger partial charge is 0.462 e. The van der Waals surface area contributed by atoms with E-state index in [-0.39, 0.29) is 32.6 Å². The lowest BCUT2D eigenvalue weighted by Crippen LogP contribution is -2.29. The van der Waals surface area contributed by atoms with E-state index in [1.54, 1.807) is 0 Å². The Morgan fingerprint density at radius 2 is 0.965 bits per heavy atom. The molecule has 2 unspecified atom stereocenters. The molecular formula is C47H78NO8P. The van der Waals surface area contributed by atoms with Crippen molar-refractivity contribution in [2.24, 2.45) is 5.73 Å². The average Bonchev–Trinajstić information content (AvgIpc) is 3.20. The van der Waals surface area contributed by atoms with Gasteiger partial charge in [-0.2, -0.15) is 0 Å². The highest BCUT2D eigenvalue weighted by molar-refractivity contribution is 7.47. The second-order valence-electron chi connectivity index (χ2n) is 13.8. The predicted octanol–water partition coefficient (Wildman–Crippen LogP) is 12.6. The first kappa shape index (κ1) is 53.9. The third-order valence-electron chi connectivity index (χ3n) is 8.48. The van der Waals surface area contributed by atoms with Crippen LogP contribution in [0.3, 0.4) is 0 Å². The Bertz CT molecular complexity index is 1250. The van der Waals surface area contributed by atoms with Gasteiger partial charge in [-0.1, -0.05) is 162 Å². The molecule has 0 aromatic rings. The molecule has 0 saturated heterocycles. The highest BCUT2D eigenvalue weighted by atomic mass is 31.2. The topological polar surface area (TPSA) is 134 Å². The molecule has 0 aliphatic carbocycles. The van der Waals surface area contributed by atoms with Crippen LogP contribution >= 0.6 is 7.82 Å². The van der Waals surface area contributed by atoms with Crippen LogP contribution in [-0.2, 0) is 32.7 Å². The van der Waals surface area contributed by atoms with Gasteiger partial charge in [-0.3, -0.25) is 18.6 Å². The van der Waals surface area contributed by atoms with Gasteiger partial charge >= 0.3 is 19.8 Å². The number of ether oxygens (including phenoxy) is 2. The van der Waals surface area contributed by atoms with Crippen LogP contribution in [0.4, 0.5) is 0 Å². The van der Waals surface area contributed by atoms with E-state index >= 15 is 0 Å². The molecule has 0 rings (SSSR count). The molecule has 10 heteroatoms. The number of unbranched alkanes of at least 4 members (excludes halogenated alkanes) is 10. The molecule has 0 amide bonds. The van der Waals surface area contributed by atoms with E-state index in [9.17, 15) is 19.0 Å². The summed E-state index contributed by atoms with van der Waals surface area (Å²) >= 11 is 0. The number of phosphoric acid groups is 1. The summed E-state index contributed by atoms with van der Waals surface area (Å²) in [5.41, 5.74) is 5.32. The van der Waals surface area contributed by atoms with Crippen LogP contribution in [0.15, 0.2) is 97.2 Å². The number of nitrogens with two attached hydrogens (primary N) is 1. The van der Waals surface area contributed by atoms with Crippen LogP contribution in [0.1, 0.15) is 155 Å². The fourth-order valence-electron chi connectivity index (χ4n) is 5.29. The number of carbonyl (C=O) groups excluding carboxylic acids is 2. The largest absolute Gasteiger partial charge is 0.472 e. The molecule has 0 spiro atoms. The monoisotopic (exact) mass is 816 g/mol. The molecule has 0 heterocycles. The van der Waals surface area contributed by atoms with Crippen LogP contribution in [0, 0.1) is 0 Å². The first-order valence-corrected chi connectivity index (χ1v) is 23.2. The molecule has 9 nitrogen and oxygen atoms in total. The van der Waals surface area contributed by atoms with Gasteiger partial charge in [0.05, 0.1) is 13.2 Å². The summed E-state index contributed by atoms with van der Waals surface area (Å²) in [6.45, 7) is 3.47. The molecule has 3 N–H and O–H groups in total. The summed E-state index contributed by atoms with van der Waals surface area (Å²) in [6, 6.07) is 0. The zero-order valence-corrected chi connectivity index (χ0v) is 36.4. The Balaban J connectivity index is 4.00. The fraction of sp³-hybridized carbons (Fsp3) is 0.617. The lowest BCUT2D eigenvalue weighted by molar-refractivity contribution is -0.161. The summed E-state index contributed by atoms with van der Waals surface area (Å²) in [6.07, 6.45) is 55.0. The highest BCUT2D eigenvalue weighted by Gasteiger charge is 2.25. The molecule has 0 bridgehead atoms. The number of rotatable bonds is 39. The van der Waals surface area contributed by atoms with Crippen LogP contribution in [0.5, 0.6) is 0 Å². The van der Waals surface area contributed by atoms with E-state index in [4.69, 9.17) is 24.3 Å². The van der Waals surface area contributed by atoms with Crippen molar-refractivity contribution in [3.8, 4) is 0 Å². The maximum atomic E-state index is 12.5. The van der Waals surface area contributed by atoms with Crippen molar-refractivity contribution < 1.29 is 37.6 Å². The van der Waals surface area contributed by atoms with E-state index < -0.39 is 32.5 Å². The summed E-state index contributed by atoms with van der Waals surface area (Å²) < 4.78 is 32.5. The minimum Gasteiger partial charge on any atom is -0.462 e. The van der Waals surface area contributed by atoms with Crippen molar-refractivity contribution in [3.63, 3.8) is 0 Å². The first-order valence-electron chi connectivity index (χ1n) is 21.7. The number of phosphoric ester groups is 1. The second-order valence-corrected chi connectivity index (χ2v) is 15.3. The zero-order valence-electron chi connectivity index (χ0n) is 35.5. The van der Waals surface area contributed by atoms with Crippen molar-refractivity contribution in [2.45, 2.75) is 161 Å². The van der Waals surface area contributed by atoms with Gasteiger partial charge in [0, 0.05) is 19.4 Å². The first-order chi connectivity index (χ1) is 27.8. The van der Waals surface area contributed by atoms with Crippen molar-refractivity contribution in [1.82, 2.24) is 0 Å².